The highest BCUT2D eigenvalue weighted by molar-refractivity contribution is 6.35. The number of amides is 3. The van der Waals surface area contributed by atoms with Crippen molar-refractivity contribution in [1.82, 2.24) is 9.80 Å². The highest BCUT2D eigenvalue weighted by Gasteiger charge is 2.31. The highest BCUT2D eigenvalue weighted by atomic mass is 16.2. The first-order chi connectivity index (χ1) is 13.0. The van der Waals surface area contributed by atoms with Crippen LogP contribution in [-0.2, 0) is 16.1 Å². The van der Waals surface area contributed by atoms with Gasteiger partial charge in [0.2, 0.25) is 0 Å². The minimum atomic E-state index is -0.468. The van der Waals surface area contributed by atoms with Crippen LogP contribution in [0, 0.1) is 6.92 Å². The van der Waals surface area contributed by atoms with E-state index in [-0.39, 0.29) is 5.91 Å². The number of nitrogens with one attached hydrogen (secondary N) is 1. The number of anilines is 1. The summed E-state index contributed by atoms with van der Waals surface area (Å²) >= 11 is 0. The fourth-order valence-electron chi connectivity index (χ4n) is 3.08. The zero-order chi connectivity index (χ0) is 19.4. The minimum Gasteiger partial charge on any atom is -0.333 e. The van der Waals surface area contributed by atoms with E-state index in [2.05, 4.69) is 5.32 Å². The molecule has 1 heterocycles. The van der Waals surface area contributed by atoms with E-state index in [4.69, 9.17) is 0 Å². The molecular formula is C21H23N3O3. The Morgan fingerprint density at radius 3 is 2.33 bits per heavy atom. The Hall–Kier alpha value is -3.15. The van der Waals surface area contributed by atoms with Gasteiger partial charge >= 0.3 is 11.8 Å². The Balaban J connectivity index is 1.62. The molecule has 1 fully saturated rings. The normalized spacial score (nSPS) is 14.4. The largest absolute Gasteiger partial charge is 0.333 e. The number of hydrogen-bond donors (Lipinski definition) is 1. The first-order valence-corrected chi connectivity index (χ1v) is 9.03. The third kappa shape index (κ3) is 4.34. The molecule has 2 aromatic rings. The maximum absolute atomic E-state index is 12.4. The molecule has 0 aliphatic carbocycles. The van der Waals surface area contributed by atoms with Crippen LogP contribution in [-0.4, -0.2) is 47.2 Å². The van der Waals surface area contributed by atoms with Crippen LogP contribution in [0.3, 0.4) is 0 Å². The monoisotopic (exact) mass is 365 g/mol. The zero-order valence-electron chi connectivity index (χ0n) is 15.6. The van der Waals surface area contributed by atoms with Gasteiger partial charge in [-0.2, -0.15) is 0 Å². The summed E-state index contributed by atoms with van der Waals surface area (Å²) in [6.45, 7) is 5.81. The summed E-state index contributed by atoms with van der Waals surface area (Å²) < 4.78 is 0. The zero-order valence-corrected chi connectivity index (χ0v) is 15.6. The fraction of sp³-hybridized carbons (Fsp3) is 0.286. The summed E-state index contributed by atoms with van der Waals surface area (Å²) in [4.78, 5) is 39.6. The second-order valence-electron chi connectivity index (χ2n) is 6.63. The lowest BCUT2D eigenvalue weighted by molar-refractivity contribution is -0.156. The Labute approximate surface area is 158 Å². The van der Waals surface area contributed by atoms with Gasteiger partial charge in [0.25, 0.3) is 5.91 Å². The first-order valence-electron chi connectivity index (χ1n) is 9.03. The van der Waals surface area contributed by atoms with Gasteiger partial charge in [-0.3, -0.25) is 14.4 Å². The van der Waals surface area contributed by atoms with Gasteiger partial charge in [-0.05, 0) is 49.2 Å². The molecule has 140 valence electrons. The maximum Gasteiger partial charge on any atom is 0.312 e. The van der Waals surface area contributed by atoms with Crippen LogP contribution < -0.4 is 5.32 Å². The molecule has 0 bridgehead atoms. The first kappa shape index (κ1) is 18.6. The van der Waals surface area contributed by atoms with Gasteiger partial charge in [0.15, 0.2) is 0 Å². The molecule has 0 atom stereocenters. The van der Waals surface area contributed by atoms with Crippen LogP contribution >= 0.6 is 0 Å². The van der Waals surface area contributed by atoms with Gasteiger partial charge in [0, 0.05) is 37.4 Å². The summed E-state index contributed by atoms with van der Waals surface area (Å²) in [5.41, 5.74) is 3.25. The molecule has 3 amide bonds. The number of carbonyl (C=O) groups excluding carboxylic acids is 3. The molecule has 0 aromatic heterocycles. The van der Waals surface area contributed by atoms with Gasteiger partial charge in [0.05, 0.1) is 0 Å². The maximum atomic E-state index is 12.4. The van der Waals surface area contributed by atoms with Crippen molar-refractivity contribution < 1.29 is 14.4 Å². The Bertz CT molecular complexity index is 861. The molecule has 0 spiro atoms. The van der Waals surface area contributed by atoms with Crippen molar-refractivity contribution in [3.8, 4) is 0 Å². The minimum absolute atomic E-state index is 0.185. The van der Waals surface area contributed by atoms with Crippen molar-refractivity contribution in [3.63, 3.8) is 0 Å². The lowest BCUT2D eigenvalue weighted by atomic mass is 10.1. The van der Waals surface area contributed by atoms with Crippen molar-refractivity contribution in [1.29, 1.82) is 0 Å². The van der Waals surface area contributed by atoms with Gasteiger partial charge in [-0.25, -0.2) is 0 Å². The van der Waals surface area contributed by atoms with E-state index in [1.165, 1.54) is 0 Å². The highest BCUT2D eigenvalue weighted by Crippen LogP contribution is 2.14. The van der Waals surface area contributed by atoms with Crippen molar-refractivity contribution in [2.45, 2.75) is 20.4 Å². The molecule has 3 rings (SSSR count). The number of likely N-dealkylation sites (N-methyl/N-ethyl adjacent to an activating group) is 1. The van der Waals surface area contributed by atoms with E-state index in [9.17, 15) is 14.4 Å². The van der Waals surface area contributed by atoms with Crippen molar-refractivity contribution >= 4 is 23.4 Å². The van der Waals surface area contributed by atoms with E-state index in [0.717, 1.165) is 16.8 Å². The number of hydrogen-bond acceptors (Lipinski definition) is 3. The number of nitrogens with zero attached hydrogens (tertiary/aromatic N) is 2. The van der Waals surface area contributed by atoms with Crippen LogP contribution in [0.2, 0.25) is 0 Å². The molecule has 1 aliphatic rings. The SMILES string of the molecule is CCN1CCN(Cc2ccc(C(=O)Nc3cccc(C)c3)cc2)C(=O)C1=O. The topological polar surface area (TPSA) is 69.7 Å². The lowest BCUT2D eigenvalue weighted by Crippen LogP contribution is -2.53. The van der Waals surface area contributed by atoms with E-state index in [0.29, 0.717) is 31.7 Å². The smallest absolute Gasteiger partial charge is 0.312 e. The summed E-state index contributed by atoms with van der Waals surface area (Å²) in [6, 6.07) is 14.7. The number of rotatable bonds is 5. The van der Waals surface area contributed by atoms with Gasteiger partial charge in [0.1, 0.15) is 0 Å². The Kier molecular flexibility index (Phi) is 5.54. The molecule has 2 aromatic carbocycles. The van der Waals surface area contributed by atoms with E-state index >= 15 is 0 Å². The quantitative estimate of drug-likeness (QED) is 0.828. The van der Waals surface area contributed by atoms with Crippen LogP contribution in [0.1, 0.15) is 28.4 Å². The summed E-state index contributed by atoms with van der Waals surface area (Å²) in [6.07, 6.45) is 0. The van der Waals surface area contributed by atoms with E-state index < -0.39 is 11.8 Å². The van der Waals surface area contributed by atoms with Crippen LogP contribution in [0.5, 0.6) is 0 Å². The van der Waals surface area contributed by atoms with Gasteiger partial charge in [-0.15, -0.1) is 0 Å². The van der Waals surface area contributed by atoms with Crippen LogP contribution in [0.4, 0.5) is 5.69 Å². The van der Waals surface area contributed by atoms with Crippen molar-refractivity contribution in [2.24, 2.45) is 0 Å². The average molecular weight is 365 g/mol. The molecule has 0 unspecified atom stereocenters. The standard InChI is InChI=1S/C21H23N3O3/c1-3-23-11-12-24(21(27)20(23)26)14-16-7-9-17(10-8-16)19(25)22-18-6-4-5-15(2)13-18/h4-10,13H,3,11-12,14H2,1-2H3,(H,22,25). The van der Waals surface area contributed by atoms with Gasteiger partial charge < -0.3 is 15.1 Å². The predicted octanol–water partition coefficient (Wildman–Crippen LogP) is 2.44. The lowest BCUT2D eigenvalue weighted by Gasteiger charge is -2.33. The molecule has 1 saturated heterocycles. The van der Waals surface area contributed by atoms with Crippen molar-refractivity contribution in [3.05, 3.63) is 65.2 Å². The van der Waals surface area contributed by atoms with E-state index in [1.807, 2.05) is 50.2 Å². The fourth-order valence-corrected chi connectivity index (χ4v) is 3.08. The second kappa shape index (κ2) is 8.03. The number of carbonyl (C=O) groups is 3. The number of benzene rings is 2. The predicted molar refractivity (Wildman–Crippen MR) is 103 cm³/mol. The van der Waals surface area contributed by atoms with E-state index in [1.54, 1.807) is 21.9 Å². The van der Waals surface area contributed by atoms with Crippen LogP contribution in [0.25, 0.3) is 0 Å². The second-order valence-corrected chi connectivity index (χ2v) is 6.63. The molecule has 1 aliphatic heterocycles. The molecule has 6 nitrogen and oxygen atoms in total. The Morgan fingerprint density at radius 2 is 1.67 bits per heavy atom. The molecular weight excluding hydrogens is 342 g/mol. The van der Waals surface area contributed by atoms with Gasteiger partial charge in [-0.1, -0.05) is 24.3 Å². The van der Waals surface area contributed by atoms with Crippen LogP contribution in [0.15, 0.2) is 48.5 Å². The third-order valence-corrected chi connectivity index (χ3v) is 4.64. The molecule has 27 heavy (non-hydrogen) atoms. The number of aryl methyl sites for hydroxylation is 1. The summed E-state index contributed by atoms with van der Waals surface area (Å²) in [7, 11) is 0. The Morgan fingerprint density at radius 1 is 1.00 bits per heavy atom. The third-order valence-electron chi connectivity index (χ3n) is 4.64. The summed E-state index contributed by atoms with van der Waals surface area (Å²) in [5, 5.41) is 2.87. The van der Waals surface area contributed by atoms with Crippen molar-refractivity contribution in [2.75, 3.05) is 25.0 Å². The molecule has 1 N–H and O–H groups in total. The molecule has 6 heteroatoms. The number of piperazine rings is 1. The summed E-state index contributed by atoms with van der Waals surface area (Å²) in [5.74, 6) is -1.10. The molecule has 0 radical (unpaired) electrons. The average Bonchev–Trinajstić information content (AvgIpc) is 2.66. The molecule has 0 saturated carbocycles.